The summed E-state index contributed by atoms with van der Waals surface area (Å²) in [5.41, 5.74) is 4.48. The summed E-state index contributed by atoms with van der Waals surface area (Å²) < 4.78 is 24.5. The molecule has 3 aromatic rings. The van der Waals surface area contributed by atoms with Gasteiger partial charge in [0.15, 0.2) is 11.5 Å². The Balaban J connectivity index is 1.71. The van der Waals surface area contributed by atoms with Crippen LogP contribution in [0.3, 0.4) is 0 Å². The highest BCUT2D eigenvalue weighted by Crippen LogP contribution is 2.32. The molecule has 0 saturated carbocycles. The first-order valence-electron chi connectivity index (χ1n) is 9.02. The number of anilines is 1. The summed E-state index contributed by atoms with van der Waals surface area (Å²) in [6, 6.07) is 12.0. The normalized spacial score (nSPS) is 10.7. The van der Waals surface area contributed by atoms with Gasteiger partial charge in [-0.1, -0.05) is 6.07 Å². The zero-order valence-corrected chi connectivity index (χ0v) is 17.7. The standard InChI is InChI=1S/C21H19ClFN5O3/c1-28(2)15-6-4-5-14(10-15)19(29)27-25-11-13-7-8-17(18(9-13)30-3)31-20-16(23)12-24-21(22)26-20/h4-12H,1-3H3,(H,27,29)/b25-11-. The molecule has 1 amide bonds. The average molecular weight is 444 g/mol. The van der Waals surface area contributed by atoms with Gasteiger partial charge in [0.05, 0.1) is 19.5 Å². The van der Waals surface area contributed by atoms with Gasteiger partial charge >= 0.3 is 0 Å². The van der Waals surface area contributed by atoms with E-state index in [1.54, 1.807) is 36.4 Å². The molecule has 0 bridgehead atoms. The summed E-state index contributed by atoms with van der Waals surface area (Å²) in [5, 5.41) is 3.83. The maximum absolute atomic E-state index is 13.8. The van der Waals surface area contributed by atoms with Crippen molar-refractivity contribution in [1.29, 1.82) is 0 Å². The van der Waals surface area contributed by atoms with E-state index in [1.165, 1.54) is 13.3 Å². The second-order valence-electron chi connectivity index (χ2n) is 6.45. The average Bonchev–Trinajstić information content (AvgIpc) is 2.77. The number of rotatable bonds is 7. The van der Waals surface area contributed by atoms with Crippen LogP contribution in [0.1, 0.15) is 15.9 Å². The largest absolute Gasteiger partial charge is 0.493 e. The van der Waals surface area contributed by atoms with E-state index < -0.39 is 5.82 Å². The van der Waals surface area contributed by atoms with Crippen molar-refractivity contribution in [2.45, 2.75) is 0 Å². The molecule has 0 aliphatic carbocycles. The summed E-state index contributed by atoms with van der Waals surface area (Å²) in [5.74, 6) is -0.908. The van der Waals surface area contributed by atoms with E-state index in [4.69, 9.17) is 21.1 Å². The lowest BCUT2D eigenvalue weighted by molar-refractivity contribution is 0.0955. The molecule has 0 radical (unpaired) electrons. The van der Waals surface area contributed by atoms with Crippen molar-refractivity contribution in [3.63, 3.8) is 0 Å². The second kappa shape index (κ2) is 9.86. The van der Waals surface area contributed by atoms with Crippen molar-refractivity contribution in [2.75, 3.05) is 26.1 Å². The molecular weight excluding hydrogens is 425 g/mol. The van der Waals surface area contributed by atoms with Gasteiger partial charge < -0.3 is 14.4 Å². The minimum atomic E-state index is -0.766. The Bertz CT molecular complexity index is 1120. The fraction of sp³-hybridized carbons (Fsp3) is 0.143. The Morgan fingerprint density at radius 1 is 1.23 bits per heavy atom. The van der Waals surface area contributed by atoms with Crippen molar-refractivity contribution in [2.24, 2.45) is 5.10 Å². The van der Waals surface area contributed by atoms with E-state index >= 15 is 0 Å². The van der Waals surface area contributed by atoms with Gasteiger partial charge in [0.2, 0.25) is 11.1 Å². The van der Waals surface area contributed by atoms with E-state index in [0.717, 1.165) is 11.9 Å². The molecule has 0 unspecified atom stereocenters. The number of hydrazone groups is 1. The number of ether oxygens (including phenoxy) is 2. The Hall–Kier alpha value is -3.72. The number of hydrogen-bond acceptors (Lipinski definition) is 7. The van der Waals surface area contributed by atoms with E-state index in [2.05, 4.69) is 20.5 Å². The molecule has 160 valence electrons. The van der Waals surface area contributed by atoms with Gasteiger partial charge in [-0.05, 0) is 53.6 Å². The second-order valence-corrected chi connectivity index (χ2v) is 6.79. The minimum Gasteiger partial charge on any atom is -0.493 e. The van der Waals surface area contributed by atoms with Gasteiger partial charge in [0.25, 0.3) is 11.8 Å². The molecule has 0 aliphatic heterocycles. The van der Waals surface area contributed by atoms with Crippen molar-refractivity contribution < 1.29 is 18.7 Å². The molecule has 0 atom stereocenters. The van der Waals surface area contributed by atoms with Gasteiger partial charge in [-0.25, -0.2) is 10.4 Å². The molecule has 1 heterocycles. The van der Waals surface area contributed by atoms with Crippen LogP contribution in [0.15, 0.2) is 53.8 Å². The maximum atomic E-state index is 13.8. The van der Waals surface area contributed by atoms with Gasteiger partial charge in [0, 0.05) is 25.3 Å². The predicted octanol–water partition coefficient (Wildman–Crippen LogP) is 3.90. The molecular formula is C21H19ClFN5O3. The van der Waals surface area contributed by atoms with Crippen molar-refractivity contribution in [1.82, 2.24) is 15.4 Å². The van der Waals surface area contributed by atoms with E-state index in [0.29, 0.717) is 16.9 Å². The summed E-state index contributed by atoms with van der Waals surface area (Å²) in [6.07, 6.45) is 2.36. The highest BCUT2D eigenvalue weighted by atomic mass is 35.5. The molecule has 8 nitrogen and oxygen atoms in total. The smallest absolute Gasteiger partial charge is 0.271 e. The lowest BCUT2D eigenvalue weighted by Crippen LogP contribution is -2.18. The van der Waals surface area contributed by atoms with Crippen molar-refractivity contribution in [3.8, 4) is 17.4 Å². The maximum Gasteiger partial charge on any atom is 0.271 e. The summed E-state index contributed by atoms with van der Waals surface area (Å²) in [7, 11) is 5.22. The topological polar surface area (TPSA) is 88.9 Å². The van der Waals surface area contributed by atoms with Gasteiger partial charge in [-0.2, -0.15) is 14.5 Å². The van der Waals surface area contributed by atoms with E-state index in [9.17, 15) is 9.18 Å². The summed E-state index contributed by atoms with van der Waals surface area (Å²) >= 11 is 5.68. The van der Waals surface area contributed by atoms with Crippen LogP contribution in [0.25, 0.3) is 0 Å². The molecule has 3 rings (SSSR count). The Labute approximate surface area is 183 Å². The first-order valence-corrected chi connectivity index (χ1v) is 9.40. The van der Waals surface area contributed by atoms with Crippen LogP contribution in [0.5, 0.6) is 17.4 Å². The third-order valence-electron chi connectivity index (χ3n) is 4.08. The Kier molecular flexibility index (Phi) is 6.99. The zero-order valence-electron chi connectivity index (χ0n) is 17.0. The lowest BCUT2D eigenvalue weighted by Gasteiger charge is -2.12. The number of methoxy groups -OCH3 is 1. The van der Waals surface area contributed by atoms with Crippen molar-refractivity contribution >= 4 is 29.4 Å². The summed E-state index contributed by atoms with van der Waals surface area (Å²) in [6.45, 7) is 0. The molecule has 10 heteroatoms. The number of halogens is 2. The number of aromatic nitrogens is 2. The van der Waals surface area contributed by atoms with Gasteiger partial charge in [-0.15, -0.1) is 0 Å². The molecule has 2 aromatic carbocycles. The molecule has 1 aromatic heterocycles. The van der Waals surface area contributed by atoms with Gasteiger partial charge in [-0.3, -0.25) is 4.79 Å². The van der Waals surface area contributed by atoms with E-state index in [1.807, 2.05) is 25.1 Å². The van der Waals surface area contributed by atoms with E-state index in [-0.39, 0.29) is 22.8 Å². The Morgan fingerprint density at radius 2 is 2.03 bits per heavy atom. The third kappa shape index (κ3) is 5.67. The zero-order chi connectivity index (χ0) is 22.4. The number of carbonyl (C=O) groups excluding carboxylic acids is 1. The first-order chi connectivity index (χ1) is 14.9. The van der Waals surface area contributed by atoms with Crippen LogP contribution in [-0.4, -0.2) is 43.3 Å². The van der Waals surface area contributed by atoms with Crippen LogP contribution in [0.4, 0.5) is 10.1 Å². The molecule has 0 fully saturated rings. The lowest BCUT2D eigenvalue weighted by atomic mass is 10.2. The number of nitrogens with zero attached hydrogens (tertiary/aromatic N) is 4. The SMILES string of the molecule is COc1cc(/C=N\NC(=O)c2cccc(N(C)C)c2)ccc1Oc1nc(Cl)ncc1F. The molecule has 0 saturated heterocycles. The number of amides is 1. The minimum absolute atomic E-state index is 0.147. The predicted molar refractivity (Wildman–Crippen MR) is 116 cm³/mol. The first kappa shape index (κ1) is 22.0. The number of nitrogens with one attached hydrogen (secondary N) is 1. The molecule has 0 aliphatic rings. The summed E-state index contributed by atoms with van der Waals surface area (Å²) in [4.78, 5) is 21.4. The fourth-order valence-corrected chi connectivity index (χ4v) is 2.64. The van der Waals surface area contributed by atoms with Crippen LogP contribution in [0.2, 0.25) is 5.28 Å². The highest BCUT2D eigenvalue weighted by Gasteiger charge is 2.13. The monoisotopic (exact) mass is 443 g/mol. The van der Waals surface area contributed by atoms with Crippen LogP contribution < -0.4 is 19.8 Å². The number of benzene rings is 2. The van der Waals surface area contributed by atoms with Crippen LogP contribution in [0, 0.1) is 5.82 Å². The number of carbonyl (C=O) groups is 1. The molecule has 31 heavy (non-hydrogen) atoms. The molecule has 0 spiro atoms. The van der Waals surface area contributed by atoms with Crippen LogP contribution in [-0.2, 0) is 0 Å². The highest BCUT2D eigenvalue weighted by molar-refractivity contribution is 6.28. The quantitative estimate of drug-likeness (QED) is 0.338. The fourth-order valence-electron chi connectivity index (χ4n) is 2.51. The third-order valence-corrected chi connectivity index (χ3v) is 4.26. The van der Waals surface area contributed by atoms with Crippen LogP contribution >= 0.6 is 11.6 Å². The van der Waals surface area contributed by atoms with Gasteiger partial charge in [0.1, 0.15) is 0 Å². The number of hydrogen-bond donors (Lipinski definition) is 1. The Morgan fingerprint density at radius 3 is 2.77 bits per heavy atom. The van der Waals surface area contributed by atoms with Crippen molar-refractivity contribution in [3.05, 3.63) is 70.9 Å². The molecule has 1 N–H and O–H groups in total.